The van der Waals surface area contributed by atoms with Crippen molar-refractivity contribution in [3.05, 3.63) is 18.2 Å². The van der Waals surface area contributed by atoms with Crippen molar-refractivity contribution in [3.63, 3.8) is 0 Å². The smallest absolute Gasteiger partial charge is 0.326 e. The Morgan fingerprint density at radius 1 is 1.00 bits per heavy atom. The number of nitrogens with two attached hydrogens (primary N) is 1. The van der Waals surface area contributed by atoms with Crippen molar-refractivity contribution in [2.75, 3.05) is 0 Å². The molecule has 0 aliphatic carbocycles. The quantitative estimate of drug-likeness (QED) is 0.173. The first-order chi connectivity index (χ1) is 15.9. The Bertz CT molecular complexity index is 858. The Morgan fingerprint density at radius 3 is 2.09 bits per heavy atom. The number of carboxylic acid groups (broad SMARTS) is 2. The summed E-state index contributed by atoms with van der Waals surface area (Å²) in [5.41, 5.74) is 6.53. The second kappa shape index (κ2) is 13.3. The van der Waals surface area contributed by atoms with E-state index in [1.165, 1.54) is 12.5 Å². The topological polar surface area (TPSA) is 217 Å². The van der Waals surface area contributed by atoms with Crippen molar-refractivity contribution in [3.8, 4) is 0 Å². The number of carboxylic acids is 2. The maximum Gasteiger partial charge on any atom is 0.326 e. The molecule has 1 rings (SSSR count). The molecule has 5 unspecified atom stereocenters. The van der Waals surface area contributed by atoms with Crippen LogP contribution in [0.25, 0.3) is 0 Å². The molecule has 1 heterocycles. The second-order valence-corrected chi connectivity index (χ2v) is 8.49. The van der Waals surface area contributed by atoms with Gasteiger partial charge in [0.05, 0.1) is 18.8 Å². The van der Waals surface area contributed by atoms with E-state index in [2.05, 4.69) is 25.9 Å². The molecule has 0 aromatic carbocycles. The Kier molecular flexibility index (Phi) is 11.2. The average molecular weight is 483 g/mol. The molecule has 0 spiro atoms. The van der Waals surface area contributed by atoms with E-state index in [1.54, 1.807) is 27.7 Å². The molecule has 1 aromatic heterocycles. The normalized spacial score (nSPS) is 15.5. The van der Waals surface area contributed by atoms with E-state index < -0.39 is 72.1 Å². The highest BCUT2D eigenvalue weighted by molar-refractivity contribution is 5.95. The first-order valence-electron chi connectivity index (χ1n) is 11.0. The maximum atomic E-state index is 12.9. The molecule has 0 fully saturated rings. The molecule has 3 amide bonds. The molecule has 0 bridgehead atoms. The third-order valence-electron chi connectivity index (χ3n) is 5.37. The number of aliphatic carboxylic acids is 2. The van der Waals surface area contributed by atoms with E-state index in [-0.39, 0.29) is 6.42 Å². The van der Waals surface area contributed by atoms with E-state index in [0.29, 0.717) is 12.1 Å². The minimum atomic E-state index is -1.55. The first kappa shape index (κ1) is 28.6. The summed E-state index contributed by atoms with van der Waals surface area (Å²) in [6, 6.07) is -4.91. The van der Waals surface area contributed by atoms with E-state index in [9.17, 15) is 34.2 Å². The molecular weight excluding hydrogens is 448 g/mol. The Morgan fingerprint density at radius 2 is 1.62 bits per heavy atom. The number of aromatic nitrogens is 2. The molecule has 0 saturated heterocycles. The molecule has 5 atom stereocenters. The van der Waals surface area contributed by atoms with Gasteiger partial charge in [0, 0.05) is 18.3 Å². The summed E-state index contributed by atoms with van der Waals surface area (Å²) in [7, 11) is 0. The fourth-order valence-corrected chi connectivity index (χ4v) is 3.10. The lowest BCUT2D eigenvalue weighted by molar-refractivity contribution is -0.144. The van der Waals surface area contributed by atoms with Gasteiger partial charge in [-0.15, -0.1) is 0 Å². The highest BCUT2D eigenvalue weighted by atomic mass is 16.4. The summed E-state index contributed by atoms with van der Waals surface area (Å²) < 4.78 is 0. The fourth-order valence-electron chi connectivity index (χ4n) is 3.10. The van der Waals surface area contributed by atoms with Gasteiger partial charge in [-0.3, -0.25) is 19.2 Å². The minimum absolute atomic E-state index is 0.147. The van der Waals surface area contributed by atoms with E-state index >= 15 is 0 Å². The van der Waals surface area contributed by atoms with Gasteiger partial charge in [0.15, 0.2) is 0 Å². The number of aromatic amines is 1. The lowest BCUT2D eigenvalue weighted by Crippen LogP contribution is -2.59. The summed E-state index contributed by atoms with van der Waals surface area (Å²) in [5.74, 6) is -5.87. The molecule has 0 aliphatic rings. The lowest BCUT2D eigenvalue weighted by atomic mass is 9.98. The maximum absolute atomic E-state index is 12.9. The van der Waals surface area contributed by atoms with Gasteiger partial charge in [-0.25, -0.2) is 9.78 Å². The van der Waals surface area contributed by atoms with Gasteiger partial charge in [-0.05, 0) is 11.8 Å². The van der Waals surface area contributed by atoms with Crippen LogP contribution in [0.4, 0.5) is 0 Å². The van der Waals surface area contributed by atoms with Crippen LogP contribution in [-0.4, -0.2) is 74.0 Å². The summed E-state index contributed by atoms with van der Waals surface area (Å²) in [4.78, 5) is 67.6. The number of nitrogens with zero attached hydrogens (tertiary/aromatic N) is 1. The molecule has 0 saturated carbocycles. The number of H-pyrrole nitrogens is 1. The van der Waals surface area contributed by atoms with Gasteiger partial charge < -0.3 is 36.9 Å². The van der Waals surface area contributed by atoms with Crippen molar-refractivity contribution in [1.29, 1.82) is 0 Å². The number of rotatable bonds is 14. The molecule has 8 N–H and O–H groups in total. The van der Waals surface area contributed by atoms with Crippen molar-refractivity contribution >= 4 is 29.7 Å². The third-order valence-corrected chi connectivity index (χ3v) is 5.37. The second-order valence-electron chi connectivity index (χ2n) is 8.49. The summed E-state index contributed by atoms with van der Waals surface area (Å²) >= 11 is 0. The average Bonchev–Trinajstić information content (AvgIpc) is 3.26. The highest BCUT2D eigenvalue weighted by Crippen LogP contribution is 2.10. The van der Waals surface area contributed by atoms with E-state index in [0.717, 1.165) is 0 Å². The highest BCUT2D eigenvalue weighted by Gasteiger charge is 2.33. The van der Waals surface area contributed by atoms with Crippen molar-refractivity contribution in [2.24, 2.45) is 17.6 Å². The van der Waals surface area contributed by atoms with Crippen LogP contribution < -0.4 is 21.7 Å². The predicted molar refractivity (Wildman–Crippen MR) is 120 cm³/mol. The summed E-state index contributed by atoms with van der Waals surface area (Å²) in [6.45, 7) is 6.68. The van der Waals surface area contributed by atoms with Gasteiger partial charge in [0.2, 0.25) is 17.7 Å². The monoisotopic (exact) mass is 482 g/mol. The van der Waals surface area contributed by atoms with Crippen LogP contribution in [0.5, 0.6) is 0 Å². The van der Waals surface area contributed by atoms with Gasteiger partial charge >= 0.3 is 11.9 Å². The van der Waals surface area contributed by atoms with Crippen molar-refractivity contribution in [1.82, 2.24) is 25.9 Å². The van der Waals surface area contributed by atoms with Crippen LogP contribution in [0.15, 0.2) is 12.5 Å². The number of carbonyl (C=O) groups excluding carboxylic acids is 3. The first-order valence-corrected chi connectivity index (χ1v) is 11.0. The van der Waals surface area contributed by atoms with E-state index in [1.807, 2.05) is 0 Å². The number of carbonyl (C=O) groups is 5. The van der Waals surface area contributed by atoms with Crippen LogP contribution in [0.3, 0.4) is 0 Å². The van der Waals surface area contributed by atoms with Gasteiger partial charge in [-0.1, -0.05) is 34.1 Å². The van der Waals surface area contributed by atoms with Gasteiger partial charge in [0.25, 0.3) is 0 Å². The molecule has 13 heteroatoms. The summed E-state index contributed by atoms with van der Waals surface area (Å²) in [5, 5.41) is 25.7. The predicted octanol–water partition coefficient (Wildman–Crippen LogP) is -1.00. The molecule has 13 nitrogen and oxygen atoms in total. The zero-order valence-electron chi connectivity index (χ0n) is 19.7. The minimum Gasteiger partial charge on any atom is -0.481 e. The van der Waals surface area contributed by atoms with Crippen LogP contribution in [0.1, 0.15) is 46.2 Å². The number of nitrogens with one attached hydrogen (secondary N) is 4. The molecule has 1 aromatic rings. The molecular formula is C21H34N6O7. The van der Waals surface area contributed by atoms with Crippen LogP contribution in [0, 0.1) is 11.8 Å². The van der Waals surface area contributed by atoms with Crippen molar-refractivity contribution in [2.45, 2.75) is 71.1 Å². The Balaban J connectivity index is 2.93. The summed E-state index contributed by atoms with van der Waals surface area (Å²) in [6.07, 6.45) is 2.78. The molecule has 0 radical (unpaired) electrons. The zero-order valence-corrected chi connectivity index (χ0v) is 19.7. The molecule has 190 valence electrons. The van der Waals surface area contributed by atoms with Crippen molar-refractivity contribution < 1.29 is 34.2 Å². The van der Waals surface area contributed by atoms with Crippen LogP contribution in [0.2, 0.25) is 0 Å². The number of hydrogen-bond acceptors (Lipinski definition) is 7. The number of hydrogen-bond donors (Lipinski definition) is 7. The molecule has 34 heavy (non-hydrogen) atoms. The SMILES string of the molecule is CCC(C)C(NC(=O)C(CC(=O)O)NC(=O)C(NC(=O)C(N)Cc1cnc[nH]1)C(C)C)C(=O)O. The number of imidazole rings is 1. The zero-order chi connectivity index (χ0) is 26.0. The number of amides is 3. The van der Waals surface area contributed by atoms with E-state index in [4.69, 9.17) is 5.73 Å². The Labute approximate surface area is 197 Å². The largest absolute Gasteiger partial charge is 0.481 e. The molecule has 0 aliphatic heterocycles. The van der Waals surface area contributed by atoms with Gasteiger partial charge in [-0.2, -0.15) is 0 Å². The fraction of sp³-hybridized carbons (Fsp3) is 0.619. The third kappa shape index (κ3) is 8.81. The Hall–Kier alpha value is -3.48. The lowest BCUT2D eigenvalue weighted by Gasteiger charge is -2.27. The van der Waals surface area contributed by atoms with Crippen LogP contribution >= 0.6 is 0 Å². The standard InChI is InChI=1S/C21H34N6O7/c1-5-11(4)17(21(33)34)27-19(31)14(7-15(28)29)25-20(32)16(10(2)3)26-18(30)13(22)6-12-8-23-9-24-12/h8-11,13-14,16-17H,5-7,22H2,1-4H3,(H,23,24)(H,25,32)(H,26,30)(H,27,31)(H,28,29)(H,33,34). The van der Waals surface area contributed by atoms with Crippen LogP contribution in [-0.2, 0) is 30.4 Å². The van der Waals surface area contributed by atoms with Gasteiger partial charge in [0.1, 0.15) is 18.1 Å².